The smallest absolute Gasteiger partial charge is 0.408 e. The van der Waals surface area contributed by atoms with Gasteiger partial charge in [0.1, 0.15) is 0 Å². The number of rotatable bonds is 4. The second kappa shape index (κ2) is 4.49. The molecule has 0 spiro atoms. The number of nitrogens with zero attached hydrogens (tertiary/aromatic N) is 1. The van der Waals surface area contributed by atoms with Crippen LogP contribution < -0.4 is 11.5 Å². The molecule has 0 atom stereocenters. The minimum absolute atomic E-state index is 0.274. The van der Waals surface area contributed by atoms with Crippen molar-refractivity contribution in [3.63, 3.8) is 0 Å². The number of aromatic nitrogens is 1. The lowest BCUT2D eigenvalue weighted by atomic mass is 10.1. The van der Waals surface area contributed by atoms with Gasteiger partial charge in [0.15, 0.2) is 5.58 Å². The van der Waals surface area contributed by atoms with E-state index in [1.54, 1.807) is 29.9 Å². The molecular weight excluding hydrogens is 232 g/mol. The topological polar surface area (TPSA) is 70.4 Å². The summed E-state index contributed by atoms with van der Waals surface area (Å²) in [7, 11) is 1.66. The molecule has 5 nitrogen and oxygen atoms in total. The van der Waals surface area contributed by atoms with Crippen molar-refractivity contribution in [2.75, 3.05) is 12.8 Å². The first-order chi connectivity index (χ1) is 8.43. The second-order valence-corrected chi connectivity index (χ2v) is 4.96. The van der Waals surface area contributed by atoms with Gasteiger partial charge in [-0.05, 0) is 38.5 Å². The number of hydrogen-bond donors (Lipinski definition) is 1. The lowest BCUT2D eigenvalue weighted by Crippen LogP contribution is -2.26. The molecular formula is C13H18N2O3. The maximum atomic E-state index is 11.8. The SMILES string of the molecule is COC(C)(C)CCn1c(=O)oc2ccc(N)cc21. The Bertz CT molecular complexity index is 610. The molecule has 18 heavy (non-hydrogen) atoms. The molecule has 0 unspecified atom stereocenters. The molecule has 0 aliphatic rings. The molecule has 0 radical (unpaired) electrons. The maximum Gasteiger partial charge on any atom is 0.419 e. The lowest BCUT2D eigenvalue weighted by Gasteiger charge is -2.22. The molecule has 2 rings (SSSR count). The highest BCUT2D eigenvalue weighted by atomic mass is 16.5. The van der Waals surface area contributed by atoms with Gasteiger partial charge in [0, 0.05) is 19.3 Å². The number of oxazole rings is 1. The number of ether oxygens (including phenoxy) is 1. The molecule has 0 fully saturated rings. The van der Waals surface area contributed by atoms with Crippen LogP contribution >= 0.6 is 0 Å². The third-order valence-corrected chi connectivity index (χ3v) is 3.18. The molecule has 0 saturated heterocycles. The van der Waals surface area contributed by atoms with Gasteiger partial charge in [0.2, 0.25) is 0 Å². The van der Waals surface area contributed by atoms with Crippen LogP contribution in [0.1, 0.15) is 20.3 Å². The van der Waals surface area contributed by atoms with Crippen LogP contribution in [0.3, 0.4) is 0 Å². The molecule has 2 aromatic rings. The van der Waals surface area contributed by atoms with Crippen molar-refractivity contribution in [2.45, 2.75) is 32.4 Å². The van der Waals surface area contributed by atoms with Gasteiger partial charge in [0.25, 0.3) is 0 Å². The molecule has 98 valence electrons. The Morgan fingerprint density at radius 1 is 1.44 bits per heavy atom. The number of nitrogen functional groups attached to an aromatic ring is 1. The third-order valence-electron chi connectivity index (χ3n) is 3.18. The van der Waals surface area contributed by atoms with Crippen LogP contribution in [0, 0.1) is 0 Å². The molecule has 5 heteroatoms. The van der Waals surface area contributed by atoms with E-state index in [4.69, 9.17) is 14.9 Å². The predicted molar refractivity (Wildman–Crippen MR) is 70.6 cm³/mol. The van der Waals surface area contributed by atoms with Gasteiger partial charge in [-0.15, -0.1) is 0 Å². The number of benzene rings is 1. The highest BCUT2D eigenvalue weighted by Gasteiger charge is 2.18. The van der Waals surface area contributed by atoms with Crippen molar-refractivity contribution in [1.82, 2.24) is 4.57 Å². The van der Waals surface area contributed by atoms with E-state index >= 15 is 0 Å². The van der Waals surface area contributed by atoms with Crippen LogP contribution in [0.2, 0.25) is 0 Å². The fourth-order valence-electron chi connectivity index (χ4n) is 1.77. The normalized spacial score (nSPS) is 12.2. The van der Waals surface area contributed by atoms with Crippen molar-refractivity contribution in [2.24, 2.45) is 0 Å². The largest absolute Gasteiger partial charge is 0.419 e. The van der Waals surface area contributed by atoms with E-state index in [0.717, 1.165) is 5.52 Å². The Balaban J connectivity index is 2.36. The van der Waals surface area contributed by atoms with E-state index in [0.29, 0.717) is 24.2 Å². The van der Waals surface area contributed by atoms with Crippen molar-refractivity contribution in [1.29, 1.82) is 0 Å². The highest BCUT2D eigenvalue weighted by molar-refractivity contribution is 5.76. The Morgan fingerprint density at radius 3 is 2.83 bits per heavy atom. The van der Waals surface area contributed by atoms with E-state index in [1.165, 1.54) is 0 Å². The molecule has 0 aliphatic carbocycles. The van der Waals surface area contributed by atoms with Gasteiger partial charge < -0.3 is 14.9 Å². The van der Waals surface area contributed by atoms with Crippen LogP contribution in [0.15, 0.2) is 27.4 Å². The molecule has 1 aromatic carbocycles. The highest BCUT2D eigenvalue weighted by Crippen LogP contribution is 2.19. The van der Waals surface area contributed by atoms with Gasteiger partial charge in [-0.1, -0.05) is 0 Å². The van der Waals surface area contributed by atoms with E-state index < -0.39 is 0 Å². The summed E-state index contributed by atoms with van der Waals surface area (Å²) in [5.74, 6) is -0.359. The molecule has 0 amide bonds. The van der Waals surface area contributed by atoms with Crippen LogP contribution in [-0.2, 0) is 11.3 Å². The van der Waals surface area contributed by atoms with Gasteiger partial charge in [0.05, 0.1) is 11.1 Å². The zero-order valence-electron chi connectivity index (χ0n) is 10.9. The fourth-order valence-corrected chi connectivity index (χ4v) is 1.77. The van der Waals surface area contributed by atoms with Crippen molar-refractivity contribution in [3.8, 4) is 0 Å². The number of aryl methyl sites for hydroxylation is 1. The minimum Gasteiger partial charge on any atom is -0.408 e. The molecule has 1 heterocycles. The standard InChI is InChI=1S/C13H18N2O3/c1-13(2,17-3)6-7-15-10-8-9(14)4-5-11(10)18-12(15)16/h4-5,8H,6-7,14H2,1-3H3. The van der Waals surface area contributed by atoms with Crippen LogP contribution in [-0.4, -0.2) is 17.3 Å². The summed E-state index contributed by atoms with van der Waals surface area (Å²) in [6.45, 7) is 4.50. The Morgan fingerprint density at radius 2 is 2.17 bits per heavy atom. The fraction of sp³-hybridized carbons (Fsp3) is 0.462. The lowest BCUT2D eigenvalue weighted by molar-refractivity contribution is 0.0119. The first kappa shape index (κ1) is 12.7. The Hall–Kier alpha value is -1.75. The van der Waals surface area contributed by atoms with Crippen molar-refractivity contribution < 1.29 is 9.15 Å². The van der Waals surface area contributed by atoms with Crippen LogP contribution in [0.5, 0.6) is 0 Å². The maximum absolute atomic E-state index is 11.8. The number of nitrogens with two attached hydrogens (primary N) is 1. The predicted octanol–water partition coefficient (Wildman–Crippen LogP) is 1.99. The molecule has 1 aromatic heterocycles. The zero-order valence-corrected chi connectivity index (χ0v) is 10.9. The van der Waals surface area contributed by atoms with Gasteiger partial charge in [-0.3, -0.25) is 4.57 Å². The van der Waals surface area contributed by atoms with Crippen molar-refractivity contribution in [3.05, 3.63) is 28.7 Å². The third kappa shape index (κ3) is 2.41. The first-order valence-electron chi connectivity index (χ1n) is 5.87. The van der Waals surface area contributed by atoms with Crippen LogP contribution in [0.25, 0.3) is 11.1 Å². The summed E-state index contributed by atoms with van der Waals surface area (Å²) in [5, 5.41) is 0. The van der Waals surface area contributed by atoms with Crippen molar-refractivity contribution >= 4 is 16.8 Å². The monoisotopic (exact) mass is 250 g/mol. The second-order valence-electron chi connectivity index (χ2n) is 4.96. The molecule has 0 aliphatic heterocycles. The van der Waals surface area contributed by atoms with Gasteiger partial charge >= 0.3 is 5.76 Å². The zero-order chi connectivity index (χ0) is 13.3. The summed E-state index contributed by atoms with van der Waals surface area (Å²) in [6, 6.07) is 5.18. The number of hydrogen-bond acceptors (Lipinski definition) is 4. The molecule has 0 bridgehead atoms. The number of anilines is 1. The molecule has 0 saturated carbocycles. The van der Waals surface area contributed by atoms with Gasteiger partial charge in [-0.25, -0.2) is 4.79 Å². The first-order valence-corrected chi connectivity index (χ1v) is 5.87. The summed E-state index contributed by atoms with van der Waals surface area (Å²) in [4.78, 5) is 11.8. The van der Waals surface area contributed by atoms with E-state index in [-0.39, 0.29) is 11.4 Å². The summed E-state index contributed by atoms with van der Waals surface area (Å²) < 4.78 is 12.1. The molecule has 2 N–H and O–H groups in total. The summed E-state index contributed by atoms with van der Waals surface area (Å²) in [6.07, 6.45) is 0.715. The van der Waals surface area contributed by atoms with Gasteiger partial charge in [-0.2, -0.15) is 0 Å². The average molecular weight is 250 g/mol. The summed E-state index contributed by atoms with van der Waals surface area (Å²) >= 11 is 0. The average Bonchev–Trinajstić information content (AvgIpc) is 2.62. The Kier molecular flexibility index (Phi) is 3.17. The minimum atomic E-state index is -0.359. The summed E-state index contributed by atoms with van der Waals surface area (Å²) in [5.41, 5.74) is 7.36. The Labute approximate surface area is 105 Å². The van der Waals surface area contributed by atoms with E-state index in [9.17, 15) is 4.79 Å². The number of fused-ring (bicyclic) bond motifs is 1. The van der Waals surface area contributed by atoms with E-state index in [1.807, 2.05) is 13.8 Å². The van der Waals surface area contributed by atoms with Crippen LogP contribution in [0.4, 0.5) is 5.69 Å². The number of methoxy groups -OCH3 is 1. The quantitative estimate of drug-likeness (QED) is 0.842. The van der Waals surface area contributed by atoms with E-state index in [2.05, 4.69) is 0 Å².